The van der Waals surface area contributed by atoms with Crippen molar-refractivity contribution >= 4 is 34.2 Å². The molecule has 8 heteroatoms. The molecule has 1 aromatic heterocycles. The average Bonchev–Trinajstić information content (AvgIpc) is 2.82. The number of hydrogen-bond donors (Lipinski definition) is 1. The second kappa shape index (κ2) is 9.67. The molecule has 166 valence electrons. The maximum absolute atomic E-state index is 11.8. The Morgan fingerprint density at radius 1 is 1.03 bits per heavy atom. The van der Waals surface area contributed by atoms with Gasteiger partial charge in [-0.3, -0.25) is 15.1 Å². The van der Waals surface area contributed by atoms with E-state index in [2.05, 4.69) is 4.98 Å². The fourth-order valence-corrected chi connectivity index (χ4v) is 3.70. The number of hydrogen-bond acceptors (Lipinski definition) is 5. The number of benzene rings is 3. The molecule has 0 saturated heterocycles. The van der Waals surface area contributed by atoms with Gasteiger partial charge < -0.3 is 9.84 Å². The van der Waals surface area contributed by atoms with Crippen LogP contribution in [0.15, 0.2) is 79.0 Å². The Bertz CT molecular complexity index is 1310. The first kappa shape index (κ1) is 22.2. The second-order valence-electron chi connectivity index (χ2n) is 7.43. The van der Waals surface area contributed by atoms with Crippen LogP contribution in [-0.2, 0) is 11.2 Å². The molecule has 0 aliphatic carbocycles. The summed E-state index contributed by atoms with van der Waals surface area (Å²) < 4.78 is 5.75. The molecule has 0 bridgehead atoms. The lowest BCUT2D eigenvalue weighted by atomic mass is 10.0. The molecule has 1 atom stereocenters. The third-order valence-corrected chi connectivity index (χ3v) is 5.53. The molecule has 0 aliphatic rings. The number of carboxylic acids is 1. The molecule has 1 heterocycles. The topological polar surface area (TPSA) is 103 Å². The van der Waals surface area contributed by atoms with Crippen LogP contribution < -0.4 is 4.74 Å². The lowest BCUT2D eigenvalue weighted by Gasteiger charge is -2.16. The van der Waals surface area contributed by atoms with Gasteiger partial charge in [0.25, 0.3) is 5.69 Å². The number of ether oxygens (including phenoxy) is 1. The van der Waals surface area contributed by atoms with E-state index >= 15 is 0 Å². The molecule has 1 N–H and O–H groups in total. The van der Waals surface area contributed by atoms with Gasteiger partial charge in [-0.1, -0.05) is 48.0 Å². The Labute approximate surface area is 194 Å². The maximum Gasteiger partial charge on any atom is 0.344 e. The van der Waals surface area contributed by atoms with Gasteiger partial charge in [-0.25, -0.2) is 4.79 Å². The SMILES string of the molecule is O=C(O)C(CCc1ccc(-c2ccc(Cl)cc2)cc1)Oc1ccc([N+](=O)[O-])c2cccnc12. The summed E-state index contributed by atoms with van der Waals surface area (Å²) in [4.78, 5) is 26.8. The molecule has 7 nitrogen and oxygen atoms in total. The number of nitro benzene ring substituents is 1. The van der Waals surface area contributed by atoms with Gasteiger partial charge in [-0.2, -0.15) is 0 Å². The molecule has 3 aromatic carbocycles. The number of aliphatic carboxylic acids is 1. The number of aromatic nitrogens is 1. The number of rotatable bonds is 8. The minimum absolute atomic E-state index is 0.113. The van der Waals surface area contributed by atoms with Crippen LogP contribution >= 0.6 is 11.6 Å². The predicted molar refractivity (Wildman–Crippen MR) is 126 cm³/mol. The molecule has 0 amide bonds. The number of pyridine rings is 1. The van der Waals surface area contributed by atoms with E-state index in [0.29, 0.717) is 16.8 Å². The van der Waals surface area contributed by atoms with Crippen molar-refractivity contribution < 1.29 is 19.6 Å². The molecule has 0 fully saturated rings. The zero-order valence-corrected chi connectivity index (χ0v) is 18.1. The molecule has 0 aliphatic heterocycles. The molecule has 33 heavy (non-hydrogen) atoms. The Kier molecular flexibility index (Phi) is 6.51. The number of aryl methyl sites for hydroxylation is 1. The van der Waals surface area contributed by atoms with Gasteiger partial charge in [0.15, 0.2) is 6.10 Å². The zero-order valence-electron chi connectivity index (χ0n) is 17.3. The van der Waals surface area contributed by atoms with Crippen molar-refractivity contribution in [1.29, 1.82) is 0 Å². The van der Waals surface area contributed by atoms with Crippen LogP contribution in [0.3, 0.4) is 0 Å². The van der Waals surface area contributed by atoms with E-state index in [0.717, 1.165) is 16.7 Å². The lowest BCUT2D eigenvalue weighted by Crippen LogP contribution is -2.27. The Balaban J connectivity index is 1.49. The van der Waals surface area contributed by atoms with Gasteiger partial charge in [0.1, 0.15) is 11.3 Å². The fourth-order valence-electron chi connectivity index (χ4n) is 3.58. The molecular weight excluding hydrogens is 444 g/mol. The number of non-ortho nitro benzene ring substituents is 1. The summed E-state index contributed by atoms with van der Waals surface area (Å²) in [5.41, 5.74) is 3.18. The van der Waals surface area contributed by atoms with Crippen molar-refractivity contribution in [3.8, 4) is 16.9 Å². The highest BCUT2D eigenvalue weighted by molar-refractivity contribution is 6.30. The van der Waals surface area contributed by atoms with E-state index in [4.69, 9.17) is 16.3 Å². The first-order valence-electron chi connectivity index (χ1n) is 10.2. The van der Waals surface area contributed by atoms with E-state index in [1.54, 1.807) is 12.1 Å². The van der Waals surface area contributed by atoms with Crippen molar-refractivity contribution in [2.24, 2.45) is 0 Å². The number of fused-ring (bicyclic) bond motifs is 1. The van der Waals surface area contributed by atoms with E-state index < -0.39 is 17.0 Å². The van der Waals surface area contributed by atoms with Gasteiger partial charge in [0, 0.05) is 17.3 Å². The number of carbonyl (C=O) groups is 1. The zero-order chi connectivity index (χ0) is 23.4. The van der Waals surface area contributed by atoms with Gasteiger partial charge in [-0.05, 0) is 59.9 Å². The monoisotopic (exact) mass is 462 g/mol. The van der Waals surface area contributed by atoms with Gasteiger partial charge >= 0.3 is 5.97 Å². The minimum Gasteiger partial charge on any atom is -0.479 e. The average molecular weight is 463 g/mol. The maximum atomic E-state index is 11.8. The van der Waals surface area contributed by atoms with Crippen LogP contribution in [0.1, 0.15) is 12.0 Å². The number of nitrogens with zero attached hydrogens (tertiary/aromatic N) is 2. The van der Waals surface area contributed by atoms with Crippen LogP contribution in [0.4, 0.5) is 5.69 Å². The van der Waals surface area contributed by atoms with Crippen molar-refractivity contribution in [3.05, 3.63) is 99.7 Å². The molecule has 0 radical (unpaired) electrons. The Hall–Kier alpha value is -3.97. The van der Waals surface area contributed by atoms with E-state index in [1.807, 2.05) is 48.5 Å². The number of nitro groups is 1. The molecule has 4 rings (SSSR count). The molecular formula is C25H19ClN2O5. The van der Waals surface area contributed by atoms with Gasteiger partial charge in [0.05, 0.1) is 10.3 Å². The summed E-state index contributed by atoms with van der Waals surface area (Å²) in [5, 5.41) is 21.9. The summed E-state index contributed by atoms with van der Waals surface area (Å²) in [6, 6.07) is 21.2. The van der Waals surface area contributed by atoms with Crippen molar-refractivity contribution in [1.82, 2.24) is 4.98 Å². The van der Waals surface area contributed by atoms with Crippen molar-refractivity contribution in [2.45, 2.75) is 18.9 Å². The summed E-state index contributed by atoms with van der Waals surface area (Å²) in [6.07, 6.45) is 1.06. The second-order valence-corrected chi connectivity index (χ2v) is 7.86. The fraction of sp³-hybridized carbons (Fsp3) is 0.120. The normalized spacial score (nSPS) is 11.8. The van der Waals surface area contributed by atoms with E-state index in [-0.39, 0.29) is 23.4 Å². The first-order valence-corrected chi connectivity index (χ1v) is 10.6. The quantitative estimate of drug-likeness (QED) is 0.257. The molecule has 0 saturated carbocycles. The summed E-state index contributed by atoms with van der Waals surface area (Å²) in [6.45, 7) is 0. The minimum atomic E-state index is -1.13. The number of halogens is 1. The highest BCUT2D eigenvalue weighted by Gasteiger charge is 2.23. The largest absolute Gasteiger partial charge is 0.479 e. The van der Waals surface area contributed by atoms with Gasteiger partial charge in [0.2, 0.25) is 0 Å². The Morgan fingerprint density at radius 3 is 2.33 bits per heavy atom. The van der Waals surface area contributed by atoms with Crippen LogP contribution in [0.25, 0.3) is 22.0 Å². The smallest absolute Gasteiger partial charge is 0.344 e. The summed E-state index contributed by atoms with van der Waals surface area (Å²) in [7, 11) is 0. The summed E-state index contributed by atoms with van der Waals surface area (Å²) in [5.74, 6) is -0.920. The highest BCUT2D eigenvalue weighted by atomic mass is 35.5. The predicted octanol–water partition coefficient (Wildman–Crippen LogP) is 5.93. The van der Waals surface area contributed by atoms with Crippen LogP contribution in [0.2, 0.25) is 5.02 Å². The first-order chi connectivity index (χ1) is 15.9. The van der Waals surface area contributed by atoms with Crippen LogP contribution in [0.5, 0.6) is 5.75 Å². The van der Waals surface area contributed by atoms with E-state index in [1.165, 1.54) is 18.3 Å². The Morgan fingerprint density at radius 2 is 1.70 bits per heavy atom. The lowest BCUT2D eigenvalue weighted by molar-refractivity contribution is -0.383. The highest BCUT2D eigenvalue weighted by Crippen LogP contribution is 2.32. The van der Waals surface area contributed by atoms with Crippen molar-refractivity contribution in [3.63, 3.8) is 0 Å². The van der Waals surface area contributed by atoms with E-state index in [9.17, 15) is 20.0 Å². The third kappa shape index (κ3) is 5.10. The molecule has 1 unspecified atom stereocenters. The standard InChI is InChI=1S/C25H19ClN2O5/c26-19-10-8-18(9-11-19)17-6-3-16(4-7-17)5-13-23(25(29)30)33-22-14-12-21(28(31)32)20-2-1-15-27-24(20)22/h1-4,6-12,14-15,23H,5,13H2,(H,29,30). The van der Waals surface area contributed by atoms with Crippen LogP contribution in [-0.4, -0.2) is 27.1 Å². The molecule has 0 spiro atoms. The van der Waals surface area contributed by atoms with Crippen LogP contribution in [0, 0.1) is 10.1 Å². The van der Waals surface area contributed by atoms with Gasteiger partial charge in [-0.15, -0.1) is 0 Å². The molecule has 4 aromatic rings. The summed E-state index contributed by atoms with van der Waals surface area (Å²) >= 11 is 5.94. The number of carboxylic acid groups (broad SMARTS) is 1. The third-order valence-electron chi connectivity index (χ3n) is 5.28. The van der Waals surface area contributed by atoms with Crippen molar-refractivity contribution in [2.75, 3.05) is 0 Å².